The van der Waals surface area contributed by atoms with Gasteiger partial charge in [-0.2, -0.15) is 0 Å². The monoisotopic (exact) mass is 307 g/mol. The SMILES string of the molecule is CC(CNC(=O)COc1ccc(C(C)(C)C)cc1)CC(=O)O. The Morgan fingerprint density at radius 3 is 2.32 bits per heavy atom. The number of amides is 1. The highest BCUT2D eigenvalue weighted by atomic mass is 16.5. The number of hydrogen-bond acceptors (Lipinski definition) is 3. The molecular formula is C17H25NO4. The largest absolute Gasteiger partial charge is 0.484 e. The fraction of sp³-hybridized carbons (Fsp3) is 0.529. The molecular weight excluding hydrogens is 282 g/mol. The van der Waals surface area contributed by atoms with Crippen LogP contribution in [0, 0.1) is 5.92 Å². The minimum Gasteiger partial charge on any atom is -0.484 e. The van der Waals surface area contributed by atoms with Gasteiger partial charge in [-0.25, -0.2) is 0 Å². The Morgan fingerprint density at radius 1 is 1.23 bits per heavy atom. The van der Waals surface area contributed by atoms with Gasteiger partial charge in [0.2, 0.25) is 0 Å². The van der Waals surface area contributed by atoms with Gasteiger partial charge in [-0.1, -0.05) is 39.8 Å². The van der Waals surface area contributed by atoms with E-state index in [4.69, 9.17) is 9.84 Å². The van der Waals surface area contributed by atoms with E-state index in [0.717, 1.165) is 0 Å². The maximum absolute atomic E-state index is 11.6. The maximum atomic E-state index is 11.6. The molecule has 1 aromatic carbocycles. The summed E-state index contributed by atoms with van der Waals surface area (Å²) < 4.78 is 5.42. The van der Waals surface area contributed by atoms with Gasteiger partial charge in [0, 0.05) is 13.0 Å². The average Bonchev–Trinajstić information content (AvgIpc) is 2.41. The molecule has 0 aliphatic carbocycles. The fourth-order valence-electron chi connectivity index (χ4n) is 1.91. The van der Waals surface area contributed by atoms with E-state index in [1.54, 1.807) is 6.92 Å². The fourth-order valence-corrected chi connectivity index (χ4v) is 1.91. The molecule has 0 saturated carbocycles. The van der Waals surface area contributed by atoms with Crippen LogP contribution in [0.3, 0.4) is 0 Å². The number of hydrogen-bond donors (Lipinski definition) is 2. The number of carboxylic acid groups (broad SMARTS) is 1. The van der Waals surface area contributed by atoms with Gasteiger partial charge in [-0.05, 0) is 29.0 Å². The molecule has 5 nitrogen and oxygen atoms in total. The second-order valence-electron chi connectivity index (χ2n) is 6.57. The summed E-state index contributed by atoms with van der Waals surface area (Å²) in [5.41, 5.74) is 1.28. The molecule has 0 radical (unpaired) electrons. The molecule has 0 saturated heterocycles. The molecule has 0 aromatic heterocycles. The summed E-state index contributed by atoms with van der Waals surface area (Å²) in [6, 6.07) is 7.67. The Hall–Kier alpha value is -2.04. The van der Waals surface area contributed by atoms with Crippen LogP contribution < -0.4 is 10.1 Å². The minimum absolute atomic E-state index is 0.0371. The second-order valence-corrected chi connectivity index (χ2v) is 6.57. The lowest BCUT2D eigenvalue weighted by atomic mass is 9.87. The summed E-state index contributed by atoms with van der Waals surface area (Å²) in [6.07, 6.45) is 0.0371. The standard InChI is InChI=1S/C17H25NO4/c1-12(9-16(20)21)10-18-15(19)11-22-14-7-5-13(6-8-14)17(2,3)4/h5-8,12H,9-11H2,1-4H3,(H,18,19)(H,20,21). The van der Waals surface area contributed by atoms with Crippen molar-refractivity contribution in [2.24, 2.45) is 5.92 Å². The first-order valence-corrected chi connectivity index (χ1v) is 7.40. The van der Waals surface area contributed by atoms with Crippen molar-refractivity contribution in [3.05, 3.63) is 29.8 Å². The Balaban J connectivity index is 2.36. The average molecular weight is 307 g/mol. The van der Waals surface area contributed by atoms with Crippen LogP contribution in [0.2, 0.25) is 0 Å². The Labute approximate surface area is 131 Å². The first-order chi connectivity index (χ1) is 10.2. The third-order valence-corrected chi connectivity index (χ3v) is 3.26. The van der Waals surface area contributed by atoms with Crippen LogP contribution in [0.25, 0.3) is 0 Å². The summed E-state index contributed by atoms with van der Waals surface area (Å²) in [6.45, 7) is 8.43. The zero-order chi connectivity index (χ0) is 16.8. The van der Waals surface area contributed by atoms with Crippen LogP contribution in [-0.2, 0) is 15.0 Å². The van der Waals surface area contributed by atoms with Crippen molar-refractivity contribution in [3.8, 4) is 5.75 Å². The summed E-state index contributed by atoms with van der Waals surface area (Å²) in [4.78, 5) is 22.2. The van der Waals surface area contributed by atoms with E-state index in [2.05, 4.69) is 26.1 Å². The van der Waals surface area contributed by atoms with Crippen molar-refractivity contribution in [1.29, 1.82) is 0 Å². The van der Waals surface area contributed by atoms with Crippen molar-refractivity contribution in [1.82, 2.24) is 5.32 Å². The predicted octanol–water partition coefficient (Wildman–Crippen LogP) is 2.59. The molecule has 0 aliphatic heterocycles. The molecule has 1 aromatic rings. The highest BCUT2D eigenvalue weighted by Crippen LogP contribution is 2.24. The van der Waals surface area contributed by atoms with Crippen molar-refractivity contribution >= 4 is 11.9 Å². The molecule has 22 heavy (non-hydrogen) atoms. The lowest BCUT2D eigenvalue weighted by molar-refractivity contribution is -0.138. The van der Waals surface area contributed by atoms with Crippen LogP contribution in [0.4, 0.5) is 0 Å². The quantitative estimate of drug-likeness (QED) is 0.812. The molecule has 1 amide bonds. The zero-order valence-corrected chi connectivity index (χ0v) is 13.7. The molecule has 2 N–H and O–H groups in total. The van der Waals surface area contributed by atoms with E-state index < -0.39 is 5.97 Å². The van der Waals surface area contributed by atoms with Crippen molar-refractivity contribution < 1.29 is 19.4 Å². The highest BCUT2D eigenvalue weighted by molar-refractivity contribution is 5.77. The normalized spacial score (nSPS) is 12.5. The van der Waals surface area contributed by atoms with Gasteiger partial charge >= 0.3 is 5.97 Å². The molecule has 1 atom stereocenters. The molecule has 1 unspecified atom stereocenters. The number of rotatable bonds is 7. The van der Waals surface area contributed by atoms with E-state index in [0.29, 0.717) is 12.3 Å². The second kappa shape index (κ2) is 7.82. The van der Waals surface area contributed by atoms with E-state index in [-0.39, 0.29) is 30.3 Å². The van der Waals surface area contributed by atoms with Gasteiger partial charge in [-0.3, -0.25) is 9.59 Å². The molecule has 0 bridgehead atoms. The first kappa shape index (κ1) is 18.0. The van der Waals surface area contributed by atoms with Gasteiger partial charge in [0.1, 0.15) is 5.75 Å². The number of benzene rings is 1. The maximum Gasteiger partial charge on any atom is 0.303 e. The topological polar surface area (TPSA) is 75.6 Å². The van der Waals surface area contributed by atoms with Crippen LogP contribution in [0.1, 0.15) is 39.7 Å². The summed E-state index contributed by atoms with van der Waals surface area (Å²) in [5, 5.41) is 11.3. The number of carbonyl (C=O) groups excluding carboxylic acids is 1. The molecule has 0 aliphatic rings. The number of carbonyl (C=O) groups is 2. The Kier molecular flexibility index (Phi) is 6.40. The smallest absolute Gasteiger partial charge is 0.303 e. The third-order valence-electron chi connectivity index (χ3n) is 3.26. The van der Waals surface area contributed by atoms with Gasteiger partial charge < -0.3 is 15.2 Å². The van der Waals surface area contributed by atoms with Crippen LogP contribution in [0.15, 0.2) is 24.3 Å². The number of nitrogens with one attached hydrogen (secondary N) is 1. The van der Waals surface area contributed by atoms with Crippen molar-refractivity contribution in [2.45, 2.75) is 39.5 Å². The summed E-state index contributed by atoms with van der Waals surface area (Å²) in [5.74, 6) is -0.580. The minimum atomic E-state index is -0.864. The van der Waals surface area contributed by atoms with Crippen molar-refractivity contribution in [3.63, 3.8) is 0 Å². The zero-order valence-electron chi connectivity index (χ0n) is 13.7. The highest BCUT2D eigenvalue weighted by Gasteiger charge is 2.13. The van der Waals surface area contributed by atoms with Gasteiger partial charge in [-0.15, -0.1) is 0 Å². The van der Waals surface area contributed by atoms with Crippen molar-refractivity contribution in [2.75, 3.05) is 13.2 Å². The van der Waals surface area contributed by atoms with Gasteiger partial charge in [0.05, 0.1) is 0 Å². The predicted molar refractivity (Wildman–Crippen MR) is 85.1 cm³/mol. The third kappa shape index (κ3) is 6.61. The summed E-state index contributed by atoms with van der Waals surface area (Å²) >= 11 is 0. The lowest BCUT2D eigenvalue weighted by Gasteiger charge is -2.19. The van der Waals surface area contributed by atoms with E-state index in [9.17, 15) is 9.59 Å². The van der Waals surface area contributed by atoms with E-state index in [1.165, 1.54) is 5.56 Å². The number of carboxylic acids is 1. The Morgan fingerprint density at radius 2 is 1.82 bits per heavy atom. The van der Waals surface area contributed by atoms with Gasteiger partial charge in [0.25, 0.3) is 5.91 Å². The molecule has 0 fully saturated rings. The van der Waals surface area contributed by atoms with Crippen LogP contribution in [0.5, 0.6) is 5.75 Å². The molecule has 122 valence electrons. The number of aliphatic carboxylic acids is 1. The molecule has 1 rings (SSSR count). The number of ether oxygens (including phenoxy) is 1. The van der Waals surface area contributed by atoms with Crippen LogP contribution in [-0.4, -0.2) is 30.1 Å². The van der Waals surface area contributed by atoms with E-state index in [1.807, 2.05) is 24.3 Å². The molecule has 0 spiro atoms. The lowest BCUT2D eigenvalue weighted by Crippen LogP contribution is -2.33. The summed E-state index contributed by atoms with van der Waals surface area (Å²) in [7, 11) is 0. The molecule has 0 heterocycles. The Bertz CT molecular complexity index is 502. The molecule has 5 heteroatoms. The van der Waals surface area contributed by atoms with E-state index >= 15 is 0 Å². The first-order valence-electron chi connectivity index (χ1n) is 7.40. The van der Waals surface area contributed by atoms with Gasteiger partial charge in [0.15, 0.2) is 6.61 Å². The van der Waals surface area contributed by atoms with Crippen LogP contribution >= 0.6 is 0 Å².